The van der Waals surface area contributed by atoms with E-state index in [-0.39, 0.29) is 17.5 Å². The summed E-state index contributed by atoms with van der Waals surface area (Å²) in [6, 6.07) is 7.59. The monoisotopic (exact) mass is 338 g/mol. The van der Waals surface area contributed by atoms with Crippen molar-refractivity contribution in [2.45, 2.75) is 18.9 Å². The summed E-state index contributed by atoms with van der Waals surface area (Å²) in [6.45, 7) is 1.23. The van der Waals surface area contributed by atoms with Gasteiger partial charge in [-0.05, 0) is 37.1 Å². The molecule has 1 fully saturated rings. The van der Waals surface area contributed by atoms with E-state index in [9.17, 15) is 9.59 Å². The zero-order valence-electron chi connectivity index (χ0n) is 13.6. The van der Waals surface area contributed by atoms with Crippen molar-refractivity contribution >= 4 is 22.8 Å². The van der Waals surface area contributed by atoms with Crippen LogP contribution in [0.5, 0.6) is 0 Å². The maximum atomic E-state index is 12.8. The summed E-state index contributed by atoms with van der Waals surface area (Å²) in [5, 5.41) is 14.2. The Kier molecular flexibility index (Phi) is 3.76. The molecule has 1 saturated heterocycles. The number of hydrogen-bond donors (Lipinski definition) is 2. The molecular formula is C18H18N4O3. The lowest BCUT2D eigenvalue weighted by Crippen LogP contribution is -2.40. The number of carbonyl (C=O) groups is 2. The van der Waals surface area contributed by atoms with E-state index < -0.39 is 5.97 Å². The number of amides is 1. The predicted octanol–water partition coefficient (Wildman–Crippen LogP) is 2.54. The Morgan fingerprint density at radius 2 is 2.12 bits per heavy atom. The number of carbonyl (C=O) groups excluding carboxylic acids is 1. The van der Waals surface area contributed by atoms with E-state index in [1.54, 1.807) is 4.68 Å². The number of carboxylic acids is 1. The molecule has 4 rings (SSSR count). The van der Waals surface area contributed by atoms with E-state index in [0.717, 1.165) is 23.7 Å². The summed E-state index contributed by atoms with van der Waals surface area (Å²) >= 11 is 0. The highest BCUT2D eigenvalue weighted by molar-refractivity contribution is 5.98. The molecule has 2 N–H and O–H groups in total. The van der Waals surface area contributed by atoms with Gasteiger partial charge in [0.2, 0.25) is 0 Å². The van der Waals surface area contributed by atoms with E-state index in [2.05, 4.69) is 10.1 Å². The Morgan fingerprint density at radius 1 is 1.24 bits per heavy atom. The summed E-state index contributed by atoms with van der Waals surface area (Å²) < 4.78 is 1.66. The average molecular weight is 338 g/mol. The maximum Gasteiger partial charge on any atom is 0.338 e. The number of hydrogen-bond acceptors (Lipinski definition) is 3. The number of rotatable bonds is 3. The van der Waals surface area contributed by atoms with E-state index in [1.165, 1.54) is 12.4 Å². The van der Waals surface area contributed by atoms with Crippen molar-refractivity contribution in [2.75, 3.05) is 13.1 Å². The Labute approximate surface area is 143 Å². The molecule has 7 nitrogen and oxygen atoms in total. The molecule has 128 valence electrons. The number of carboxylic acid groups (broad SMARTS) is 1. The molecule has 3 heterocycles. The molecule has 25 heavy (non-hydrogen) atoms. The lowest BCUT2D eigenvalue weighted by molar-refractivity contribution is 0.0666. The highest BCUT2D eigenvalue weighted by Gasteiger charge is 2.26. The van der Waals surface area contributed by atoms with Gasteiger partial charge < -0.3 is 15.0 Å². The third kappa shape index (κ3) is 2.88. The van der Waals surface area contributed by atoms with Crippen molar-refractivity contribution in [1.82, 2.24) is 19.7 Å². The molecule has 1 aromatic carbocycles. The molecule has 0 spiro atoms. The molecule has 3 aromatic rings. The summed E-state index contributed by atoms with van der Waals surface area (Å²) in [5.41, 5.74) is 1.84. The van der Waals surface area contributed by atoms with Crippen molar-refractivity contribution in [3.8, 4) is 0 Å². The van der Waals surface area contributed by atoms with Gasteiger partial charge in [-0.1, -0.05) is 0 Å². The van der Waals surface area contributed by atoms with Crippen LogP contribution in [0.2, 0.25) is 0 Å². The topological polar surface area (TPSA) is 91.2 Å². The number of aromatic nitrogens is 3. The Bertz CT molecular complexity index is 943. The van der Waals surface area contributed by atoms with Gasteiger partial charge in [0.25, 0.3) is 5.91 Å². The van der Waals surface area contributed by atoms with E-state index in [1.807, 2.05) is 35.4 Å². The van der Waals surface area contributed by atoms with Crippen LogP contribution in [0.3, 0.4) is 0 Å². The lowest BCUT2D eigenvalue weighted by Gasteiger charge is -2.33. The van der Waals surface area contributed by atoms with Gasteiger partial charge in [-0.3, -0.25) is 9.48 Å². The van der Waals surface area contributed by atoms with Gasteiger partial charge in [0.1, 0.15) is 0 Å². The molecule has 0 radical (unpaired) electrons. The zero-order chi connectivity index (χ0) is 17.4. The number of aromatic amines is 1. The maximum absolute atomic E-state index is 12.8. The van der Waals surface area contributed by atoms with Crippen molar-refractivity contribution in [2.24, 2.45) is 0 Å². The van der Waals surface area contributed by atoms with Crippen LogP contribution in [-0.2, 0) is 0 Å². The highest BCUT2D eigenvalue weighted by atomic mass is 16.4. The zero-order valence-corrected chi connectivity index (χ0v) is 13.6. The van der Waals surface area contributed by atoms with Gasteiger partial charge in [0, 0.05) is 41.9 Å². The molecule has 0 bridgehead atoms. The number of aromatic carboxylic acids is 1. The smallest absolute Gasteiger partial charge is 0.338 e. The summed E-state index contributed by atoms with van der Waals surface area (Å²) in [4.78, 5) is 28.8. The molecular weight excluding hydrogens is 320 g/mol. The number of piperidine rings is 1. The molecule has 1 atom stereocenters. The average Bonchev–Trinajstić information content (AvgIpc) is 3.30. The van der Waals surface area contributed by atoms with Gasteiger partial charge in [-0.15, -0.1) is 0 Å². The second kappa shape index (κ2) is 6.08. The molecule has 2 aromatic heterocycles. The number of benzene rings is 1. The van der Waals surface area contributed by atoms with E-state index >= 15 is 0 Å². The fourth-order valence-corrected chi connectivity index (χ4v) is 3.37. The third-order valence-electron chi connectivity index (χ3n) is 4.71. The van der Waals surface area contributed by atoms with Gasteiger partial charge in [0.15, 0.2) is 0 Å². The van der Waals surface area contributed by atoms with Crippen LogP contribution in [0.1, 0.15) is 39.6 Å². The van der Waals surface area contributed by atoms with Gasteiger partial charge in [-0.25, -0.2) is 4.79 Å². The first kappa shape index (κ1) is 15.4. The van der Waals surface area contributed by atoms with Crippen molar-refractivity contribution < 1.29 is 14.7 Å². The van der Waals surface area contributed by atoms with Gasteiger partial charge in [0.05, 0.1) is 17.8 Å². The van der Waals surface area contributed by atoms with Crippen LogP contribution >= 0.6 is 0 Å². The first-order valence-electron chi connectivity index (χ1n) is 8.26. The normalized spacial score (nSPS) is 17.8. The largest absolute Gasteiger partial charge is 0.478 e. The number of likely N-dealkylation sites (tertiary alicyclic amines) is 1. The van der Waals surface area contributed by atoms with Crippen LogP contribution in [0, 0.1) is 0 Å². The first-order chi connectivity index (χ1) is 12.1. The Balaban J connectivity index is 1.53. The summed E-state index contributed by atoms with van der Waals surface area (Å²) in [6.07, 6.45) is 6.48. The second-order valence-electron chi connectivity index (χ2n) is 6.34. The number of fused-ring (bicyclic) bond motifs is 1. The van der Waals surface area contributed by atoms with Crippen LogP contribution in [0.15, 0.2) is 42.9 Å². The Hall–Kier alpha value is -3.09. The van der Waals surface area contributed by atoms with Gasteiger partial charge in [-0.2, -0.15) is 5.10 Å². The molecule has 0 unspecified atom stereocenters. The van der Waals surface area contributed by atoms with Gasteiger partial charge >= 0.3 is 5.97 Å². The van der Waals surface area contributed by atoms with Crippen molar-refractivity contribution in [1.29, 1.82) is 0 Å². The minimum absolute atomic E-state index is 0.00147. The van der Waals surface area contributed by atoms with Crippen LogP contribution in [0.4, 0.5) is 0 Å². The SMILES string of the molecule is O=C(O)c1cnn([C@@H]2CCCN(C(=O)c3ccc4[nH]ccc4c3)C2)c1. The molecule has 1 aliphatic heterocycles. The summed E-state index contributed by atoms with van der Waals surface area (Å²) in [7, 11) is 0. The quantitative estimate of drug-likeness (QED) is 0.768. The van der Waals surface area contributed by atoms with Crippen LogP contribution < -0.4 is 0 Å². The predicted molar refractivity (Wildman–Crippen MR) is 91.7 cm³/mol. The van der Waals surface area contributed by atoms with Crippen molar-refractivity contribution in [3.63, 3.8) is 0 Å². The van der Waals surface area contributed by atoms with Crippen molar-refractivity contribution in [3.05, 3.63) is 54.0 Å². The lowest BCUT2D eigenvalue weighted by atomic mass is 10.0. The summed E-state index contributed by atoms with van der Waals surface area (Å²) in [5.74, 6) is -0.992. The highest BCUT2D eigenvalue weighted by Crippen LogP contribution is 2.24. The Morgan fingerprint density at radius 3 is 2.92 bits per heavy atom. The number of nitrogens with zero attached hydrogens (tertiary/aromatic N) is 3. The molecule has 0 saturated carbocycles. The minimum Gasteiger partial charge on any atom is -0.478 e. The molecule has 7 heteroatoms. The molecule has 1 aliphatic rings. The van der Waals surface area contributed by atoms with E-state index in [0.29, 0.717) is 18.7 Å². The molecule has 0 aliphatic carbocycles. The minimum atomic E-state index is -0.991. The molecule has 1 amide bonds. The fourth-order valence-electron chi connectivity index (χ4n) is 3.37. The standard InChI is InChI=1S/C18H18N4O3/c23-17(13-3-4-16-12(8-13)5-6-19-16)21-7-1-2-15(11-21)22-10-14(9-20-22)18(24)25/h3-6,8-10,15,19H,1-2,7,11H2,(H,24,25)/t15-/m1/s1. The van der Waals surface area contributed by atoms with Crippen LogP contribution in [-0.4, -0.2) is 49.7 Å². The van der Waals surface area contributed by atoms with E-state index in [4.69, 9.17) is 5.11 Å². The third-order valence-corrected chi connectivity index (χ3v) is 4.71. The first-order valence-corrected chi connectivity index (χ1v) is 8.26. The second-order valence-corrected chi connectivity index (χ2v) is 6.34. The number of H-pyrrole nitrogens is 1. The fraction of sp³-hybridized carbons (Fsp3) is 0.278. The van der Waals surface area contributed by atoms with Crippen LogP contribution in [0.25, 0.3) is 10.9 Å². The number of nitrogens with one attached hydrogen (secondary N) is 1.